The summed E-state index contributed by atoms with van der Waals surface area (Å²) in [5.41, 5.74) is 3.93. The molecular formula is C12H11BrN4O2. The fourth-order valence-corrected chi connectivity index (χ4v) is 2.44. The van der Waals surface area contributed by atoms with Gasteiger partial charge in [-0.25, -0.2) is 9.78 Å². The van der Waals surface area contributed by atoms with Gasteiger partial charge in [0.1, 0.15) is 0 Å². The average molecular weight is 323 g/mol. The molecule has 0 aliphatic heterocycles. The SMILES string of the molecule is CNCc1[nH]c(Br)nc1-c1ccc2oc(=O)[nH]c2c1. The first kappa shape index (κ1) is 12.2. The first-order chi connectivity index (χ1) is 9.17. The van der Waals surface area contributed by atoms with E-state index in [4.69, 9.17) is 4.42 Å². The molecule has 2 heterocycles. The number of benzene rings is 1. The lowest BCUT2D eigenvalue weighted by molar-refractivity contribution is 0.555. The van der Waals surface area contributed by atoms with Crippen LogP contribution >= 0.6 is 15.9 Å². The van der Waals surface area contributed by atoms with Crippen molar-refractivity contribution in [3.05, 3.63) is 39.2 Å². The van der Waals surface area contributed by atoms with Gasteiger partial charge in [0.15, 0.2) is 10.3 Å². The summed E-state index contributed by atoms with van der Waals surface area (Å²) in [5, 5.41) is 3.08. The molecule has 0 unspecified atom stereocenters. The third-order valence-corrected chi connectivity index (χ3v) is 3.17. The number of aromatic amines is 2. The van der Waals surface area contributed by atoms with Gasteiger partial charge in [0.05, 0.1) is 16.9 Å². The lowest BCUT2D eigenvalue weighted by Gasteiger charge is -2.01. The van der Waals surface area contributed by atoms with E-state index in [1.807, 2.05) is 19.2 Å². The molecule has 0 bridgehead atoms. The van der Waals surface area contributed by atoms with Gasteiger partial charge >= 0.3 is 5.76 Å². The minimum absolute atomic E-state index is 0.453. The molecule has 3 N–H and O–H groups in total. The molecular weight excluding hydrogens is 312 g/mol. The molecule has 2 aromatic heterocycles. The van der Waals surface area contributed by atoms with Crippen molar-refractivity contribution in [2.75, 3.05) is 7.05 Å². The van der Waals surface area contributed by atoms with E-state index in [0.717, 1.165) is 17.0 Å². The largest absolute Gasteiger partial charge is 0.417 e. The Morgan fingerprint density at radius 3 is 3.05 bits per heavy atom. The van der Waals surface area contributed by atoms with Crippen molar-refractivity contribution in [1.82, 2.24) is 20.3 Å². The number of H-pyrrole nitrogens is 2. The number of fused-ring (bicyclic) bond motifs is 1. The van der Waals surface area contributed by atoms with Gasteiger partial charge in [0.25, 0.3) is 0 Å². The Balaban J connectivity index is 2.15. The Labute approximate surface area is 116 Å². The van der Waals surface area contributed by atoms with Gasteiger partial charge < -0.3 is 14.7 Å². The molecule has 3 aromatic rings. The van der Waals surface area contributed by atoms with Crippen LogP contribution in [0.25, 0.3) is 22.4 Å². The molecule has 19 heavy (non-hydrogen) atoms. The second-order valence-corrected chi connectivity index (χ2v) is 4.86. The van der Waals surface area contributed by atoms with Gasteiger partial charge in [-0.3, -0.25) is 4.98 Å². The summed E-state index contributed by atoms with van der Waals surface area (Å²) in [6, 6.07) is 5.48. The number of halogens is 1. The molecule has 3 rings (SSSR count). The zero-order valence-corrected chi connectivity index (χ0v) is 11.7. The quantitative estimate of drug-likeness (QED) is 0.688. The molecule has 6 nitrogen and oxygen atoms in total. The highest BCUT2D eigenvalue weighted by Crippen LogP contribution is 2.26. The van der Waals surface area contributed by atoms with Crippen LogP contribution in [0.2, 0.25) is 0 Å². The van der Waals surface area contributed by atoms with Crippen LogP contribution in [-0.4, -0.2) is 22.0 Å². The lowest BCUT2D eigenvalue weighted by atomic mass is 10.1. The fraction of sp³-hybridized carbons (Fsp3) is 0.167. The summed E-state index contributed by atoms with van der Waals surface area (Å²) in [4.78, 5) is 21.3. The fourth-order valence-electron chi connectivity index (χ4n) is 2.02. The maximum atomic E-state index is 11.1. The Morgan fingerprint density at radius 2 is 2.26 bits per heavy atom. The van der Waals surface area contributed by atoms with Crippen molar-refractivity contribution in [2.45, 2.75) is 6.54 Å². The number of imidazole rings is 1. The van der Waals surface area contributed by atoms with Gasteiger partial charge in [-0.1, -0.05) is 0 Å². The van der Waals surface area contributed by atoms with Crippen LogP contribution < -0.4 is 11.1 Å². The van der Waals surface area contributed by atoms with Gasteiger partial charge in [-0.15, -0.1) is 0 Å². The predicted molar refractivity (Wildman–Crippen MR) is 74.9 cm³/mol. The van der Waals surface area contributed by atoms with E-state index in [1.165, 1.54) is 0 Å². The number of nitrogens with zero attached hydrogens (tertiary/aromatic N) is 1. The molecule has 0 radical (unpaired) electrons. The molecule has 1 aromatic carbocycles. The lowest BCUT2D eigenvalue weighted by Crippen LogP contribution is -2.06. The molecule has 0 saturated heterocycles. The monoisotopic (exact) mass is 322 g/mol. The zero-order valence-electron chi connectivity index (χ0n) is 10.1. The summed E-state index contributed by atoms with van der Waals surface area (Å²) < 4.78 is 5.66. The normalized spacial score (nSPS) is 11.3. The zero-order chi connectivity index (χ0) is 13.4. The standard InChI is InChI=1S/C12H11BrN4O2/c1-14-5-8-10(17-11(13)15-8)6-2-3-9-7(4-6)16-12(18)19-9/h2-4,14H,5H2,1H3,(H,15,17)(H,16,18). The molecule has 7 heteroatoms. The van der Waals surface area contributed by atoms with Crippen molar-refractivity contribution >= 4 is 27.0 Å². The average Bonchev–Trinajstić information content (AvgIpc) is 2.90. The molecule has 0 aliphatic carbocycles. The van der Waals surface area contributed by atoms with E-state index in [0.29, 0.717) is 22.4 Å². The van der Waals surface area contributed by atoms with Gasteiger partial charge in [-0.05, 0) is 41.2 Å². The summed E-state index contributed by atoms with van der Waals surface area (Å²) in [7, 11) is 1.87. The van der Waals surface area contributed by atoms with E-state index < -0.39 is 5.76 Å². The molecule has 0 aliphatic rings. The van der Waals surface area contributed by atoms with Gasteiger partial charge in [-0.2, -0.15) is 0 Å². The topological polar surface area (TPSA) is 86.7 Å². The summed E-state index contributed by atoms with van der Waals surface area (Å²) in [6.45, 7) is 0.674. The van der Waals surface area contributed by atoms with Crippen molar-refractivity contribution in [3.8, 4) is 11.3 Å². The van der Waals surface area contributed by atoms with Crippen LogP contribution in [-0.2, 0) is 6.54 Å². The molecule has 0 atom stereocenters. The van der Waals surface area contributed by atoms with Crippen LogP contribution in [0.4, 0.5) is 0 Å². The van der Waals surface area contributed by atoms with Crippen molar-refractivity contribution in [3.63, 3.8) is 0 Å². The van der Waals surface area contributed by atoms with Crippen LogP contribution in [0.5, 0.6) is 0 Å². The molecule has 0 fully saturated rings. The van der Waals surface area contributed by atoms with Crippen LogP contribution in [0.15, 0.2) is 32.1 Å². The summed E-state index contributed by atoms with van der Waals surface area (Å²) in [6.07, 6.45) is 0. The van der Waals surface area contributed by atoms with Crippen LogP contribution in [0.3, 0.4) is 0 Å². The Hall–Kier alpha value is -1.86. The number of rotatable bonds is 3. The maximum absolute atomic E-state index is 11.1. The molecule has 0 saturated carbocycles. The third kappa shape index (κ3) is 2.22. The predicted octanol–water partition coefficient (Wildman–Crippen LogP) is 1.99. The number of hydrogen-bond acceptors (Lipinski definition) is 4. The third-order valence-electron chi connectivity index (χ3n) is 2.80. The molecule has 0 spiro atoms. The van der Waals surface area contributed by atoms with Crippen LogP contribution in [0.1, 0.15) is 5.69 Å². The molecule has 0 amide bonds. The van der Waals surface area contributed by atoms with Crippen molar-refractivity contribution < 1.29 is 4.42 Å². The number of nitrogens with one attached hydrogen (secondary N) is 3. The van der Waals surface area contributed by atoms with E-state index in [9.17, 15) is 4.79 Å². The van der Waals surface area contributed by atoms with E-state index in [-0.39, 0.29) is 0 Å². The minimum Gasteiger partial charge on any atom is -0.408 e. The Kier molecular flexibility index (Phi) is 3.00. The number of hydrogen-bond donors (Lipinski definition) is 3. The second-order valence-electron chi connectivity index (χ2n) is 4.11. The second kappa shape index (κ2) is 4.67. The van der Waals surface area contributed by atoms with Gasteiger partial charge in [0, 0.05) is 12.1 Å². The summed E-state index contributed by atoms with van der Waals surface area (Å²) in [5.74, 6) is -0.453. The summed E-state index contributed by atoms with van der Waals surface area (Å²) >= 11 is 3.33. The van der Waals surface area contributed by atoms with Crippen molar-refractivity contribution in [1.29, 1.82) is 0 Å². The minimum atomic E-state index is -0.453. The van der Waals surface area contributed by atoms with E-state index in [2.05, 4.69) is 36.2 Å². The maximum Gasteiger partial charge on any atom is 0.417 e. The molecule has 98 valence electrons. The van der Waals surface area contributed by atoms with Crippen LogP contribution in [0, 0.1) is 0 Å². The number of oxazole rings is 1. The highest BCUT2D eigenvalue weighted by atomic mass is 79.9. The Morgan fingerprint density at radius 1 is 1.42 bits per heavy atom. The Bertz CT molecular complexity index is 786. The first-order valence-electron chi connectivity index (χ1n) is 5.69. The van der Waals surface area contributed by atoms with Gasteiger partial charge in [0.2, 0.25) is 0 Å². The van der Waals surface area contributed by atoms with E-state index in [1.54, 1.807) is 6.07 Å². The highest BCUT2D eigenvalue weighted by molar-refractivity contribution is 9.10. The van der Waals surface area contributed by atoms with E-state index >= 15 is 0 Å². The first-order valence-corrected chi connectivity index (χ1v) is 6.49. The highest BCUT2D eigenvalue weighted by Gasteiger charge is 2.12. The smallest absolute Gasteiger partial charge is 0.408 e. The number of aromatic nitrogens is 3. The van der Waals surface area contributed by atoms with Crippen molar-refractivity contribution in [2.24, 2.45) is 0 Å².